The van der Waals surface area contributed by atoms with Crippen LogP contribution < -0.4 is 0 Å². The molecule has 0 bridgehead atoms. The van der Waals surface area contributed by atoms with Crippen LogP contribution in [0.1, 0.15) is 65.2 Å². The number of hydrogen-bond donors (Lipinski definition) is 0. The first-order valence-electron chi connectivity index (χ1n) is 7.87. The van der Waals surface area contributed by atoms with Gasteiger partial charge in [-0.1, -0.05) is 39.0 Å². The number of carbonyl (C=O) groups is 2. The monoisotopic (exact) mass is 297 g/mol. The van der Waals surface area contributed by atoms with E-state index in [1.165, 1.54) is 19.3 Å². The van der Waals surface area contributed by atoms with Gasteiger partial charge in [0.2, 0.25) is 0 Å². The van der Waals surface area contributed by atoms with Crippen LogP contribution in [0.2, 0.25) is 0 Å². The number of hydrogen-bond acceptors (Lipinski definition) is 5. The highest BCUT2D eigenvalue weighted by molar-refractivity contribution is 5.94. The van der Waals surface area contributed by atoms with E-state index in [0.717, 1.165) is 19.3 Å². The molecule has 0 fully saturated rings. The van der Waals surface area contributed by atoms with Crippen LogP contribution in [0.15, 0.2) is 0 Å². The molecule has 1 atom stereocenters. The topological polar surface area (TPSA) is 76.4 Å². The number of unbranched alkanes of at least 4 members (excludes halogenated alkanes) is 5. The molecule has 1 unspecified atom stereocenters. The molecule has 120 valence electrons. The Kier molecular flexibility index (Phi) is 12.4. The summed E-state index contributed by atoms with van der Waals surface area (Å²) in [5, 5.41) is 8.57. The van der Waals surface area contributed by atoms with Gasteiger partial charge >= 0.3 is 11.9 Å². The molecule has 0 aliphatic heterocycles. The summed E-state index contributed by atoms with van der Waals surface area (Å²) < 4.78 is 9.97. The maximum Gasteiger partial charge on any atom is 0.320 e. The van der Waals surface area contributed by atoms with Gasteiger partial charge in [-0.2, -0.15) is 5.26 Å². The average Bonchev–Trinajstić information content (AvgIpc) is 2.47. The minimum absolute atomic E-state index is 0.135. The molecular weight excluding hydrogens is 270 g/mol. The van der Waals surface area contributed by atoms with Gasteiger partial charge in [0, 0.05) is 6.42 Å². The van der Waals surface area contributed by atoms with E-state index < -0.39 is 17.9 Å². The summed E-state index contributed by atoms with van der Waals surface area (Å²) in [7, 11) is 0. The number of nitriles is 1. The van der Waals surface area contributed by atoms with Gasteiger partial charge in [0.15, 0.2) is 5.92 Å². The van der Waals surface area contributed by atoms with Crippen LogP contribution in [-0.2, 0) is 19.1 Å². The SMILES string of the molecule is CCCCCCCCOC(=O)C(CCC#N)C(=O)OCC. The van der Waals surface area contributed by atoms with E-state index in [-0.39, 0.29) is 19.4 Å². The predicted molar refractivity (Wildman–Crippen MR) is 79.3 cm³/mol. The average molecular weight is 297 g/mol. The largest absolute Gasteiger partial charge is 0.465 e. The molecule has 0 radical (unpaired) electrons. The molecule has 0 spiro atoms. The van der Waals surface area contributed by atoms with Crippen molar-refractivity contribution in [1.82, 2.24) is 0 Å². The molecule has 0 rings (SSSR count). The predicted octanol–water partition coefficient (Wildman–Crippen LogP) is 3.37. The lowest BCUT2D eigenvalue weighted by atomic mass is 10.0. The number of nitrogens with zero attached hydrogens (tertiary/aromatic N) is 1. The normalized spacial score (nSPS) is 11.5. The highest BCUT2D eigenvalue weighted by Gasteiger charge is 2.29. The van der Waals surface area contributed by atoms with Gasteiger partial charge in [-0.15, -0.1) is 0 Å². The third kappa shape index (κ3) is 9.89. The van der Waals surface area contributed by atoms with Gasteiger partial charge < -0.3 is 9.47 Å². The number of carbonyl (C=O) groups excluding carboxylic acids is 2. The maximum absolute atomic E-state index is 11.9. The van der Waals surface area contributed by atoms with Crippen LogP contribution in [0.5, 0.6) is 0 Å². The Labute approximate surface area is 127 Å². The molecule has 5 heteroatoms. The Morgan fingerprint density at radius 2 is 1.62 bits per heavy atom. The van der Waals surface area contributed by atoms with Crippen molar-refractivity contribution in [2.75, 3.05) is 13.2 Å². The highest BCUT2D eigenvalue weighted by atomic mass is 16.6. The fraction of sp³-hybridized carbons (Fsp3) is 0.812. The van der Waals surface area contributed by atoms with E-state index in [9.17, 15) is 9.59 Å². The van der Waals surface area contributed by atoms with Crippen molar-refractivity contribution in [3.63, 3.8) is 0 Å². The Morgan fingerprint density at radius 1 is 1.00 bits per heavy atom. The zero-order valence-corrected chi connectivity index (χ0v) is 13.2. The Bertz CT molecular complexity index is 336. The molecule has 0 saturated heterocycles. The smallest absolute Gasteiger partial charge is 0.320 e. The Hall–Kier alpha value is -1.57. The quantitative estimate of drug-likeness (QED) is 0.313. The minimum Gasteiger partial charge on any atom is -0.465 e. The summed E-state index contributed by atoms with van der Waals surface area (Å²) in [6.07, 6.45) is 6.91. The van der Waals surface area contributed by atoms with Gasteiger partial charge in [-0.05, 0) is 19.8 Å². The lowest BCUT2D eigenvalue weighted by Crippen LogP contribution is -2.28. The first kappa shape index (κ1) is 19.4. The zero-order valence-electron chi connectivity index (χ0n) is 13.2. The Morgan fingerprint density at radius 3 is 2.24 bits per heavy atom. The second-order valence-electron chi connectivity index (χ2n) is 4.94. The third-order valence-corrected chi connectivity index (χ3v) is 3.14. The van der Waals surface area contributed by atoms with E-state index >= 15 is 0 Å². The summed E-state index contributed by atoms with van der Waals surface area (Å²) in [4.78, 5) is 23.5. The van der Waals surface area contributed by atoms with Crippen molar-refractivity contribution in [2.24, 2.45) is 5.92 Å². The first-order chi connectivity index (χ1) is 10.2. The molecule has 0 amide bonds. The van der Waals surface area contributed by atoms with Gasteiger partial charge in [0.25, 0.3) is 0 Å². The fourth-order valence-electron chi connectivity index (χ4n) is 1.94. The molecule has 0 N–H and O–H groups in total. The fourth-order valence-corrected chi connectivity index (χ4v) is 1.94. The lowest BCUT2D eigenvalue weighted by Gasteiger charge is -2.13. The zero-order chi connectivity index (χ0) is 15.9. The number of esters is 2. The summed E-state index contributed by atoms with van der Waals surface area (Å²) >= 11 is 0. The van der Waals surface area contributed by atoms with E-state index in [1.807, 2.05) is 6.07 Å². The van der Waals surface area contributed by atoms with Crippen molar-refractivity contribution in [1.29, 1.82) is 5.26 Å². The van der Waals surface area contributed by atoms with Crippen LogP contribution in [0, 0.1) is 17.2 Å². The van der Waals surface area contributed by atoms with E-state index in [2.05, 4.69) is 6.92 Å². The van der Waals surface area contributed by atoms with Crippen molar-refractivity contribution < 1.29 is 19.1 Å². The Balaban J connectivity index is 3.99. The standard InChI is InChI=1S/C16H27NO4/c1-3-5-6-7-8-9-13-21-16(19)14(11-10-12-17)15(18)20-4-2/h14H,3-11,13H2,1-2H3. The summed E-state index contributed by atoms with van der Waals surface area (Å²) in [6.45, 7) is 4.39. The van der Waals surface area contributed by atoms with Crippen molar-refractivity contribution in [2.45, 2.75) is 65.2 Å². The summed E-state index contributed by atoms with van der Waals surface area (Å²) in [5.74, 6) is -2.14. The van der Waals surface area contributed by atoms with Crippen molar-refractivity contribution in [3.8, 4) is 6.07 Å². The van der Waals surface area contributed by atoms with E-state index in [1.54, 1.807) is 6.92 Å². The van der Waals surface area contributed by atoms with Crippen LogP contribution in [0.3, 0.4) is 0 Å². The van der Waals surface area contributed by atoms with Crippen LogP contribution in [-0.4, -0.2) is 25.2 Å². The molecule has 0 aromatic rings. The number of ether oxygens (including phenoxy) is 2. The summed E-state index contributed by atoms with van der Waals surface area (Å²) in [5.41, 5.74) is 0. The summed E-state index contributed by atoms with van der Waals surface area (Å²) in [6, 6.07) is 1.93. The van der Waals surface area contributed by atoms with Gasteiger partial charge in [-0.25, -0.2) is 0 Å². The van der Waals surface area contributed by atoms with Crippen LogP contribution >= 0.6 is 0 Å². The molecule has 21 heavy (non-hydrogen) atoms. The second kappa shape index (κ2) is 13.4. The molecule has 0 aromatic carbocycles. The van der Waals surface area contributed by atoms with Gasteiger partial charge in [-0.3, -0.25) is 9.59 Å². The molecule has 0 aromatic heterocycles. The highest BCUT2D eigenvalue weighted by Crippen LogP contribution is 2.12. The van der Waals surface area contributed by atoms with Crippen LogP contribution in [0.25, 0.3) is 0 Å². The molecule has 0 aliphatic carbocycles. The van der Waals surface area contributed by atoms with Gasteiger partial charge in [0.05, 0.1) is 19.3 Å². The first-order valence-corrected chi connectivity index (χ1v) is 7.87. The lowest BCUT2D eigenvalue weighted by molar-refractivity contribution is -0.162. The maximum atomic E-state index is 11.9. The number of rotatable bonds is 12. The van der Waals surface area contributed by atoms with Crippen LogP contribution in [0.4, 0.5) is 0 Å². The second-order valence-corrected chi connectivity index (χ2v) is 4.94. The minimum atomic E-state index is -0.968. The third-order valence-electron chi connectivity index (χ3n) is 3.14. The molecular formula is C16H27NO4. The molecule has 0 heterocycles. The van der Waals surface area contributed by atoms with Gasteiger partial charge in [0.1, 0.15) is 0 Å². The molecule has 0 saturated carbocycles. The van der Waals surface area contributed by atoms with E-state index in [4.69, 9.17) is 14.7 Å². The van der Waals surface area contributed by atoms with Crippen molar-refractivity contribution in [3.05, 3.63) is 0 Å². The van der Waals surface area contributed by atoms with Crippen molar-refractivity contribution >= 4 is 11.9 Å². The molecule has 5 nitrogen and oxygen atoms in total. The molecule has 0 aliphatic rings. The van der Waals surface area contributed by atoms with E-state index in [0.29, 0.717) is 6.61 Å².